The molecule has 3 aromatic rings. The first kappa shape index (κ1) is 13.8. The predicted octanol–water partition coefficient (Wildman–Crippen LogP) is 3.00. The lowest BCUT2D eigenvalue weighted by Gasteiger charge is -2.10. The Balaban J connectivity index is 2.30. The summed E-state index contributed by atoms with van der Waals surface area (Å²) in [7, 11) is 0. The number of rotatable bonds is 4. The Hall–Kier alpha value is -2.20. The van der Waals surface area contributed by atoms with Gasteiger partial charge in [0.15, 0.2) is 5.82 Å². The van der Waals surface area contributed by atoms with Crippen molar-refractivity contribution in [3.63, 3.8) is 0 Å². The molecule has 1 aromatic carbocycles. The quantitative estimate of drug-likeness (QED) is 0.799. The fourth-order valence-corrected chi connectivity index (χ4v) is 2.58. The Morgan fingerprint density at radius 2 is 1.86 bits per heavy atom. The number of aryl methyl sites for hydroxylation is 2. The van der Waals surface area contributed by atoms with Crippen LogP contribution in [-0.2, 0) is 19.4 Å². The average molecular weight is 280 g/mol. The smallest absolute Gasteiger partial charge is 0.161 e. The van der Waals surface area contributed by atoms with E-state index < -0.39 is 0 Å². The second-order valence-electron chi connectivity index (χ2n) is 5.11. The maximum absolute atomic E-state index is 5.80. The number of aromatic nitrogens is 3. The summed E-state index contributed by atoms with van der Waals surface area (Å²) >= 11 is 0. The fraction of sp³-hybridized carbons (Fsp3) is 0.294. The van der Waals surface area contributed by atoms with Gasteiger partial charge in [-0.2, -0.15) is 5.10 Å². The summed E-state index contributed by atoms with van der Waals surface area (Å²) in [6.07, 6.45) is 1.85. The second kappa shape index (κ2) is 5.66. The monoisotopic (exact) mass is 280 g/mol. The Labute approximate surface area is 124 Å². The van der Waals surface area contributed by atoms with E-state index in [9.17, 15) is 0 Å². The van der Waals surface area contributed by atoms with Crippen LogP contribution in [0.25, 0.3) is 16.6 Å². The van der Waals surface area contributed by atoms with Gasteiger partial charge in [-0.25, -0.2) is 9.67 Å². The third kappa shape index (κ3) is 2.43. The molecule has 0 radical (unpaired) electrons. The molecule has 0 aliphatic heterocycles. The van der Waals surface area contributed by atoms with E-state index in [4.69, 9.17) is 15.8 Å². The van der Waals surface area contributed by atoms with E-state index in [0.717, 1.165) is 40.8 Å². The van der Waals surface area contributed by atoms with Crippen LogP contribution in [-0.4, -0.2) is 14.8 Å². The molecule has 0 atom stereocenters. The third-order valence-electron chi connectivity index (χ3n) is 3.74. The summed E-state index contributed by atoms with van der Waals surface area (Å²) in [5.41, 5.74) is 8.96. The van der Waals surface area contributed by atoms with Gasteiger partial charge in [0.05, 0.1) is 11.4 Å². The number of benzene rings is 1. The SMILES string of the molecule is CCc1cc(CC)n(-c2nc(CN)cc3ccccc23)n1. The van der Waals surface area contributed by atoms with Crippen LogP contribution >= 0.6 is 0 Å². The van der Waals surface area contributed by atoms with E-state index in [1.807, 2.05) is 16.8 Å². The number of pyridine rings is 1. The lowest BCUT2D eigenvalue weighted by molar-refractivity contribution is 0.771. The summed E-state index contributed by atoms with van der Waals surface area (Å²) in [6, 6.07) is 12.5. The third-order valence-corrected chi connectivity index (χ3v) is 3.74. The molecule has 0 unspecified atom stereocenters. The average Bonchev–Trinajstić information content (AvgIpc) is 2.97. The summed E-state index contributed by atoms with van der Waals surface area (Å²) < 4.78 is 1.97. The number of fused-ring (bicyclic) bond motifs is 1. The van der Waals surface area contributed by atoms with Crippen LogP contribution < -0.4 is 5.73 Å². The van der Waals surface area contributed by atoms with Crippen molar-refractivity contribution in [1.82, 2.24) is 14.8 Å². The van der Waals surface area contributed by atoms with Crippen molar-refractivity contribution in [3.8, 4) is 5.82 Å². The van der Waals surface area contributed by atoms with E-state index in [1.54, 1.807) is 0 Å². The highest BCUT2D eigenvalue weighted by Crippen LogP contribution is 2.23. The van der Waals surface area contributed by atoms with E-state index in [1.165, 1.54) is 5.69 Å². The molecule has 0 aliphatic rings. The van der Waals surface area contributed by atoms with Crippen LogP contribution in [0, 0.1) is 0 Å². The van der Waals surface area contributed by atoms with Crippen LogP contribution in [0.2, 0.25) is 0 Å². The van der Waals surface area contributed by atoms with Gasteiger partial charge in [-0.15, -0.1) is 0 Å². The number of nitrogens with zero attached hydrogens (tertiary/aromatic N) is 3. The van der Waals surface area contributed by atoms with Gasteiger partial charge in [-0.1, -0.05) is 38.1 Å². The highest BCUT2D eigenvalue weighted by Gasteiger charge is 2.12. The zero-order chi connectivity index (χ0) is 14.8. The minimum Gasteiger partial charge on any atom is -0.325 e. The first-order valence-corrected chi connectivity index (χ1v) is 7.43. The zero-order valence-corrected chi connectivity index (χ0v) is 12.5. The minimum atomic E-state index is 0.432. The molecular formula is C17H20N4. The number of nitrogens with two attached hydrogens (primary N) is 1. The van der Waals surface area contributed by atoms with Crippen molar-refractivity contribution in [2.45, 2.75) is 33.2 Å². The summed E-state index contributed by atoms with van der Waals surface area (Å²) in [5.74, 6) is 0.880. The van der Waals surface area contributed by atoms with Crippen LogP contribution in [0.4, 0.5) is 0 Å². The summed E-state index contributed by atoms with van der Waals surface area (Å²) in [4.78, 5) is 4.72. The van der Waals surface area contributed by atoms with E-state index in [2.05, 4.69) is 38.1 Å². The van der Waals surface area contributed by atoms with Crippen molar-refractivity contribution in [2.75, 3.05) is 0 Å². The molecule has 2 aromatic heterocycles. The lowest BCUT2D eigenvalue weighted by Crippen LogP contribution is -2.08. The van der Waals surface area contributed by atoms with Gasteiger partial charge in [0.1, 0.15) is 0 Å². The minimum absolute atomic E-state index is 0.432. The van der Waals surface area contributed by atoms with E-state index in [0.29, 0.717) is 6.54 Å². The van der Waals surface area contributed by atoms with Crippen molar-refractivity contribution in [3.05, 3.63) is 53.5 Å². The van der Waals surface area contributed by atoms with Crippen molar-refractivity contribution < 1.29 is 0 Å². The Morgan fingerprint density at radius 1 is 1.05 bits per heavy atom. The highest BCUT2D eigenvalue weighted by atomic mass is 15.3. The maximum atomic E-state index is 5.80. The molecule has 3 rings (SSSR count). The molecule has 4 nitrogen and oxygen atoms in total. The molecule has 0 bridgehead atoms. The Bertz CT molecular complexity index is 774. The molecule has 21 heavy (non-hydrogen) atoms. The van der Waals surface area contributed by atoms with Gasteiger partial charge < -0.3 is 5.73 Å². The molecule has 0 aliphatic carbocycles. The maximum Gasteiger partial charge on any atom is 0.161 e. The Kier molecular flexibility index (Phi) is 3.71. The summed E-state index contributed by atoms with van der Waals surface area (Å²) in [5, 5.41) is 6.97. The molecule has 0 fully saturated rings. The molecule has 2 heterocycles. The molecule has 0 saturated heterocycles. The van der Waals surface area contributed by atoms with Crippen LogP contribution in [0.5, 0.6) is 0 Å². The van der Waals surface area contributed by atoms with E-state index >= 15 is 0 Å². The van der Waals surface area contributed by atoms with Crippen molar-refractivity contribution >= 4 is 10.8 Å². The standard InChI is InChI=1S/C17H20N4/c1-3-13-10-15(4-2)21(20-13)17-16-8-6-5-7-12(16)9-14(11-18)19-17/h5-10H,3-4,11,18H2,1-2H3. The topological polar surface area (TPSA) is 56.7 Å². The Morgan fingerprint density at radius 3 is 2.57 bits per heavy atom. The molecule has 0 saturated carbocycles. The second-order valence-corrected chi connectivity index (χ2v) is 5.11. The van der Waals surface area contributed by atoms with Gasteiger partial charge in [-0.05, 0) is 30.4 Å². The van der Waals surface area contributed by atoms with Crippen LogP contribution in [0.1, 0.15) is 30.9 Å². The van der Waals surface area contributed by atoms with Crippen molar-refractivity contribution in [2.24, 2.45) is 5.73 Å². The van der Waals surface area contributed by atoms with Crippen LogP contribution in [0.15, 0.2) is 36.4 Å². The first-order chi connectivity index (χ1) is 10.3. The first-order valence-electron chi connectivity index (χ1n) is 7.43. The molecule has 4 heteroatoms. The molecule has 108 valence electrons. The summed E-state index contributed by atoms with van der Waals surface area (Å²) in [6.45, 7) is 4.69. The molecule has 2 N–H and O–H groups in total. The van der Waals surface area contributed by atoms with Gasteiger partial charge >= 0.3 is 0 Å². The van der Waals surface area contributed by atoms with Crippen molar-refractivity contribution in [1.29, 1.82) is 0 Å². The number of hydrogen-bond donors (Lipinski definition) is 1. The highest BCUT2D eigenvalue weighted by molar-refractivity contribution is 5.88. The molecular weight excluding hydrogens is 260 g/mol. The van der Waals surface area contributed by atoms with Gasteiger partial charge in [0.25, 0.3) is 0 Å². The van der Waals surface area contributed by atoms with Crippen LogP contribution in [0.3, 0.4) is 0 Å². The van der Waals surface area contributed by atoms with E-state index in [-0.39, 0.29) is 0 Å². The fourth-order valence-electron chi connectivity index (χ4n) is 2.58. The molecule has 0 amide bonds. The normalized spacial score (nSPS) is 11.2. The van der Waals surface area contributed by atoms with Gasteiger partial charge in [-0.3, -0.25) is 0 Å². The van der Waals surface area contributed by atoms with Gasteiger partial charge in [0, 0.05) is 17.6 Å². The lowest BCUT2D eigenvalue weighted by atomic mass is 10.1. The largest absolute Gasteiger partial charge is 0.325 e. The van der Waals surface area contributed by atoms with Gasteiger partial charge in [0.2, 0.25) is 0 Å². The molecule has 0 spiro atoms. The predicted molar refractivity (Wildman–Crippen MR) is 85.5 cm³/mol. The zero-order valence-electron chi connectivity index (χ0n) is 12.5. The number of hydrogen-bond acceptors (Lipinski definition) is 3.